The second-order valence-corrected chi connectivity index (χ2v) is 14.1. The fourth-order valence-electron chi connectivity index (χ4n) is 8.61. The highest BCUT2D eigenvalue weighted by Crippen LogP contribution is 2.58. The standard InChI is InChI=1S/C36H42N2O13/c39-11-10-37-34(45)36-16-23-28-29(50-35(49-28)14-21-8-1-2-9-22(21)15-35)31(36)51-38(30(36)32(44)47-23)17-20-6-3-5-19(13-20)7-4-12-46-33-27(43)26(42)25(41)24(18-40)48-33/h1-9,13,23-31,33,39-43H,10-12,14-18H2,(H,37,45). The minimum atomic E-state index is -1.54. The minimum absolute atomic E-state index is 0.0123. The molecule has 4 saturated heterocycles. The first-order valence-electron chi connectivity index (χ1n) is 17.3. The first kappa shape index (κ1) is 34.7. The summed E-state index contributed by atoms with van der Waals surface area (Å²) in [6, 6.07) is 14.4. The van der Waals surface area contributed by atoms with Crippen LogP contribution in [0.3, 0.4) is 0 Å². The summed E-state index contributed by atoms with van der Waals surface area (Å²) in [5.41, 5.74) is 2.43. The van der Waals surface area contributed by atoms with E-state index in [9.17, 15) is 35.1 Å². The molecule has 2 aromatic rings. The number of hydrogen-bond donors (Lipinski definition) is 6. The predicted octanol–water partition coefficient (Wildman–Crippen LogP) is -1.30. The van der Waals surface area contributed by atoms with Crippen LogP contribution in [0.4, 0.5) is 0 Å². The number of aliphatic hydroxyl groups excluding tert-OH is 5. The minimum Gasteiger partial charge on any atom is -0.458 e. The van der Waals surface area contributed by atoms with Gasteiger partial charge < -0.3 is 54.5 Å². The van der Waals surface area contributed by atoms with Crippen LogP contribution in [0.15, 0.2) is 54.6 Å². The van der Waals surface area contributed by atoms with Crippen LogP contribution in [-0.4, -0.2) is 136 Å². The summed E-state index contributed by atoms with van der Waals surface area (Å²) in [7, 11) is 0. The summed E-state index contributed by atoms with van der Waals surface area (Å²) < 4.78 is 30.3. The SMILES string of the molecule is O=C1OC2CC3(C(=O)NCCO)C(ON(Cc4cccc(C=CCOC5OC(CO)C(O)C(O)C5O)c4)C13)C1OC3(Cc4ccccc4C3)OC21. The summed E-state index contributed by atoms with van der Waals surface area (Å²) in [6.45, 7) is -0.690. The van der Waals surface area contributed by atoms with Crippen LogP contribution < -0.4 is 5.32 Å². The van der Waals surface area contributed by atoms with Gasteiger partial charge in [-0.1, -0.05) is 60.7 Å². The van der Waals surface area contributed by atoms with Gasteiger partial charge in [-0.3, -0.25) is 14.4 Å². The largest absolute Gasteiger partial charge is 0.458 e. The molecule has 0 aromatic heterocycles. The number of benzene rings is 2. The third-order valence-corrected chi connectivity index (χ3v) is 10.9. The van der Waals surface area contributed by atoms with Gasteiger partial charge in [0.25, 0.3) is 0 Å². The molecule has 4 heterocycles. The van der Waals surface area contributed by atoms with Crippen molar-refractivity contribution in [2.45, 2.75) is 92.8 Å². The van der Waals surface area contributed by atoms with Gasteiger partial charge in [0.15, 0.2) is 18.1 Å². The quantitative estimate of drug-likeness (QED) is 0.159. The molecule has 274 valence electrons. The van der Waals surface area contributed by atoms with Crippen molar-refractivity contribution in [3.05, 3.63) is 76.9 Å². The molecule has 51 heavy (non-hydrogen) atoms. The van der Waals surface area contributed by atoms with Gasteiger partial charge in [0.1, 0.15) is 54.2 Å². The number of esters is 1. The molecular formula is C36H42N2O13. The van der Waals surface area contributed by atoms with Gasteiger partial charge in [-0.25, -0.2) is 0 Å². The number of amides is 1. The van der Waals surface area contributed by atoms with E-state index in [1.165, 1.54) is 5.06 Å². The summed E-state index contributed by atoms with van der Waals surface area (Å²) >= 11 is 0. The molecule has 11 unspecified atom stereocenters. The normalized spacial score (nSPS) is 37.8. The fraction of sp³-hybridized carbons (Fsp3) is 0.556. The Kier molecular flexibility index (Phi) is 9.26. The molecule has 5 fully saturated rings. The summed E-state index contributed by atoms with van der Waals surface area (Å²) in [5, 5.41) is 53.4. The Morgan fingerprint density at radius 3 is 2.51 bits per heavy atom. The Morgan fingerprint density at radius 2 is 1.76 bits per heavy atom. The van der Waals surface area contributed by atoms with Crippen molar-refractivity contribution in [2.75, 3.05) is 26.4 Å². The van der Waals surface area contributed by atoms with Crippen LogP contribution >= 0.6 is 0 Å². The lowest BCUT2D eigenvalue weighted by Crippen LogP contribution is -2.69. The van der Waals surface area contributed by atoms with E-state index in [1.807, 2.05) is 48.5 Å². The number of aliphatic hydroxyl groups is 5. The number of ether oxygens (including phenoxy) is 5. The molecular weight excluding hydrogens is 668 g/mol. The molecule has 2 aliphatic carbocycles. The lowest BCUT2D eigenvalue weighted by molar-refractivity contribution is -0.298. The first-order chi connectivity index (χ1) is 24.7. The number of nitrogens with one attached hydrogen (secondary N) is 1. The number of carbonyl (C=O) groups is 2. The van der Waals surface area contributed by atoms with Crippen LogP contribution in [-0.2, 0) is 57.5 Å². The monoisotopic (exact) mass is 710 g/mol. The van der Waals surface area contributed by atoms with Crippen LogP contribution in [0.2, 0.25) is 0 Å². The highest BCUT2D eigenvalue weighted by molar-refractivity contribution is 5.93. The number of fused-ring (bicyclic) bond motifs is 5. The number of nitrogens with zero attached hydrogens (tertiary/aromatic N) is 1. The van der Waals surface area contributed by atoms with E-state index in [4.69, 9.17) is 28.5 Å². The Balaban J connectivity index is 1.00. The molecule has 0 radical (unpaired) electrons. The lowest BCUT2D eigenvalue weighted by atomic mass is 9.62. The zero-order chi connectivity index (χ0) is 35.5. The second-order valence-electron chi connectivity index (χ2n) is 14.1. The van der Waals surface area contributed by atoms with Crippen molar-refractivity contribution < 1.29 is 63.6 Å². The summed E-state index contributed by atoms with van der Waals surface area (Å²) in [6.07, 6.45) is -5.09. The second kappa shape index (κ2) is 13.6. The van der Waals surface area contributed by atoms with Crippen molar-refractivity contribution in [3.8, 4) is 0 Å². The zero-order valence-electron chi connectivity index (χ0n) is 27.7. The van der Waals surface area contributed by atoms with Gasteiger partial charge in [0, 0.05) is 25.8 Å². The number of hydrogen-bond acceptors (Lipinski definition) is 14. The fourth-order valence-corrected chi connectivity index (χ4v) is 8.61. The maximum atomic E-state index is 14.1. The topological polar surface area (TPSA) is 206 Å². The van der Waals surface area contributed by atoms with Gasteiger partial charge in [0.05, 0.1) is 26.4 Å². The van der Waals surface area contributed by atoms with Crippen molar-refractivity contribution >= 4 is 18.0 Å². The first-order valence-corrected chi connectivity index (χ1v) is 17.3. The molecule has 1 spiro atoms. The van der Waals surface area contributed by atoms with Crippen LogP contribution in [0.5, 0.6) is 0 Å². The van der Waals surface area contributed by atoms with Crippen molar-refractivity contribution in [1.29, 1.82) is 0 Å². The van der Waals surface area contributed by atoms with Crippen LogP contribution in [0, 0.1) is 5.41 Å². The Labute approximate surface area is 293 Å². The van der Waals surface area contributed by atoms with Gasteiger partial charge in [-0.15, -0.1) is 0 Å². The van der Waals surface area contributed by atoms with E-state index < -0.39 is 90.8 Å². The molecule has 2 aromatic carbocycles. The van der Waals surface area contributed by atoms with E-state index in [2.05, 4.69) is 5.32 Å². The van der Waals surface area contributed by atoms with Crippen LogP contribution in [0.1, 0.15) is 28.7 Å². The van der Waals surface area contributed by atoms with Crippen molar-refractivity contribution in [2.24, 2.45) is 5.41 Å². The average molecular weight is 711 g/mol. The van der Waals surface area contributed by atoms with E-state index in [-0.39, 0.29) is 32.7 Å². The van der Waals surface area contributed by atoms with Gasteiger partial charge >= 0.3 is 5.97 Å². The van der Waals surface area contributed by atoms with Crippen molar-refractivity contribution in [3.63, 3.8) is 0 Å². The molecule has 4 aliphatic heterocycles. The lowest BCUT2D eigenvalue weighted by Gasteiger charge is -2.48. The van der Waals surface area contributed by atoms with E-state index >= 15 is 0 Å². The highest BCUT2D eigenvalue weighted by Gasteiger charge is 2.76. The highest BCUT2D eigenvalue weighted by atomic mass is 16.8. The molecule has 1 amide bonds. The Hall–Kier alpha value is -3.32. The molecule has 1 saturated carbocycles. The smallest absolute Gasteiger partial charge is 0.327 e. The maximum Gasteiger partial charge on any atom is 0.327 e. The summed E-state index contributed by atoms with van der Waals surface area (Å²) in [4.78, 5) is 34.5. The van der Waals surface area contributed by atoms with E-state index in [1.54, 1.807) is 12.2 Å². The Bertz CT molecular complexity index is 1650. The predicted molar refractivity (Wildman–Crippen MR) is 173 cm³/mol. The molecule has 8 rings (SSSR count). The number of carbonyl (C=O) groups excluding carboxylic acids is 2. The average Bonchev–Trinajstić information content (AvgIpc) is 3.80. The van der Waals surface area contributed by atoms with E-state index in [0.29, 0.717) is 12.8 Å². The summed E-state index contributed by atoms with van der Waals surface area (Å²) in [5.74, 6) is -1.97. The number of rotatable bonds is 10. The third-order valence-electron chi connectivity index (χ3n) is 10.9. The van der Waals surface area contributed by atoms with Gasteiger partial charge in [0.2, 0.25) is 5.91 Å². The van der Waals surface area contributed by atoms with Gasteiger partial charge in [-0.05, 0) is 22.3 Å². The number of hydroxylamine groups is 2. The molecule has 15 nitrogen and oxygen atoms in total. The zero-order valence-corrected chi connectivity index (χ0v) is 27.7. The maximum absolute atomic E-state index is 14.1. The third kappa shape index (κ3) is 5.90. The van der Waals surface area contributed by atoms with Crippen LogP contribution in [0.25, 0.3) is 6.08 Å². The molecule has 2 bridgehead atoms. The molecule has 6 aliphatic rings. The molecule has 6 N–H and O–H groups in total. The van der Waals surface area contributed by atoms with Gasteiger partial charge in [-0.2, -0.15) is 5.06 Å². The van der Waals surface area contributed by atoms with Crippen molar-refractivity contribution in [1.82, 2.24) is 10.4 Å². The molecule has 15 heteroatoms. The van der Waals surface area contributed by atoms with E-state index in [0.717, 1.165) is 22.3 Å². The molecule has 11 atom stereocenters. The Morgan fingerprint density at radius 1 is 1.00 bits per heavy atom.